The van der Waals surface area contributed by atoms with Gasteiger partial charge in [0.15, 0.2) is 0 Å². The molecule has 0 radical (unpaired) electrons. The van der Waals surface area contributed by atoms with Crippen molar-refractivity contribution in [2.45, 2.75) is 38.8 Å². The molecule has 0 bridgehead atoms. The Kier molecular flexibility index (Phi) is 6.98. The van der Waals surface area contributed by atoms with Gasteiger partial charge in [-0.3, -0.25) is 4.79 Å². The summed E-state index contributed by atoms with van der Waals surface area (Å²) in [6, 6.07) is 8.32. The van der Waals surface area contributed by atoms with Crippen molar-refractivity contribution in [3.63, 3.8) is 0 Å². The third-order valence-corrected chi connectivity index (χ3v) is 4.15. The summed E-state index contributed by atoms with van der Waals surface area (Å²) in [6.45, 7) is 4.81. The van der Waals surface area contributed by atoms with Gasteiger partial charge in [0.1, 0.15) is 0 Å². The average molecular weight is 331 g/mol. The highest BCUT2D eigenvalue weighted by Gasteiger charge is 2.37. The van der Waals surface area contributed by atoms with Crippen LogP contribution in [-0.2, 0) is 4.79 Å². The summed E-state index contributed by atoms with van der Waals surface area (Å²) in [5, 5.41) is 3.81. The Labute approximate surface area is 138 Å². The lowest BCUT2D eigenvalue weighted by molar-refractivity contribution is -0.137. The molecule has 118 valence electrons. The van der Waals surface area contributed by atoms with Crippen molar-refractivity contribution in [3.05, 3.63) is 34.9 Å². The van der Waals surface area contributed by atoms with E-state index in [0.29, 0.717) is 6.04 Å². The van der Waals surface area contributed by atoms with Crippen molar-refractivity contribution in [1.29, 1.82) is 0 Å². The Bertz CT molecular complexity index is 460. The van der Waals surface area contributed by atoms with Crippen LogP contribution in [0.3, 0.4) is 0 Å². The number of hydrogen-bond acceptors (Lipinski definition) is 2. The maximum atomic E-state index is 12.7. The summed E-state index contributed by atoms with van der Waals surface area (Å²) < 4.78 is 0. The standard InChI is InChI=1S/C16H23ClN2O.ClH/c1-11(10-18-3)16(20)19(15-8-9-15)12(2)13-4-6-14(17)7-5-13;/h4-7,11-12,15,18H,8-10H2,1-3H3;1H. The summed E-state index contributed by atoms with van der Waals surface area (Å²) in [4.78, 5) is 14.7. The SMILES string of the molecule is CNCC(C)C(=O)N(C1CC1)C(C)c1ccc(Cl)cc1.Cl. The Morgan fingerprint density at radius 3 is 2.38 bits per heavy atom. The minimum atomic E-state index is 0. The molecule has 1 aliphatic rings. The smallest absolute Gasteiger partial charge is 0.227 e. The van der Waals surface area contributed by atoms with Gasteiger partial charge >= 0.3 is 0 Å². The van der Waals surface area contributed by atoms with E-state index in [0.717, 1.165) is 30.0 Å². The molecule has 1 fully saturated rings. The van der Waals surface area contributed by atoms with E-state index in [1.807, 2.05) is 38.2 Å². The number of halogens is 2. The first-order valence-electron chi connectivity index (χ1n) is 7.26. The topological polar surface area (TPSA) is 32.3 Å². The van der Waals surface area contributed by atoms with Gasteiger partial charge in [-0.25, -0.2) is 0 Å². The summed E-state index contributed by atoms with van der Waals surface area (Å²) in [6.07, 6.45) is 2.24. The number of hydrogen-bond donors (Lipinski definition) is 1. The van der Waals surface area contributed by atoms with E-state index in [4.69, 9.17) is 11.6 Å². The third-order valence-electron chi connectivity index (χ3n) is 3.90. The number of carbonyl (C=O) groups excluding carboxylic acids is 1. The van der Waals surface area contributed by atoms with Crippen LogP contribution in [0.15, 0.2) is 24.3 Å². The minimum Gasteiger partial charge on any atom is -0.333 e. The van der Waals surface area contributed by atoms with E-state index in [9.17, 15) is 4.79 Å². The highest BCUT2D eigenvalue weighted by Crippen LogP contribution is 2.35. The van der Waals surface area contributed by atoms with Crippen LogP contribution in [0.25, 0.3) is 0 Å². The van der Waals surface area contributed by atoms with Gasteiger partial charge in [0, 0.05) is 23.5 Å². The molecule has 0 aromatic heterocycles. The van der Waals surface area contributed by atoms with Crippen LogP contribution in [0, 0.1) is 5.92 Å². The monoisotopic (exact) mass is 330 g/mol. The molecule has 1 aliphatic carbocycles. The van der Waals surface area contributed by atoms with E-state index < -0.39 is 0 Å². The molecule has 1 amide bonds. The van der Waals surface area contributed by atoms with Crippen LogP contribution in [-0.4, -0.2) is 30.4 Å². The van der Waals surface area contributed by atoms with Gasteiger partial charge in [-0.2, -0.15) is 0 Å². The van der Waals surface area contributed by atoms with Gasteiger partial charge in [0.05, 0.1) is 6.04 Å². The highest BCUT2D eigenvalue weighted by molar-refractivity contribution is 6.30. The van der Waals surface area contributed by atoms with Crippen LogP contribution in [0.1, 0.15) is 38.3 Å². The molecule has 2 rings (SSSR count). The quantitative estimate of drug-likeness (QED) is 0.863. The van der Waals surface area contributed by atoms with Crippen LogP contribution in [0.5, 0.6) is 0 Å². The normalized spacial score (nSPS) is 16.8. The Hall–Kier alpha value is -0.770. The third kappa shape index (κ3) is 4.60. The number of rotatable bonds is 6. The van der Waals surface area contributed by atoms with E-state index in [2.05, 4.69) is 17.1 Å². The first-order chi connectivity index (χ1) is 9.54. The van der Waals surface area contributed by atoms with Crippen molar-refractivity contribution in [3.8, 4) is 0 Å². The highest BCUT2D eigenvalue weighted by atomic mass is 35.5. The first-order valence-corrected chi connectivity index (χ1v) is 7.64. The summed E-state index contributed by atoms with van der Waals surface area (Å²) in [5.41, 5.74) is 1.14. The molecule has 1 saturated carbocycles. The van der Waals surface area contributed by atoms with Crippen molar-refractivity contribution in [1.82, 2.24) is 10.2 Å². The molecule has 2 unspecified atom stereocenters. The summed E-state index contributed by atoms with van der Waals surface area (Å²) >= 11 is 5.94. The number of nitrogens with zero attached hydrogens (tertiary/aromatic N) is 1. The summed E-state index contributed by atoms with van der Waals surface area (Å²) in [7, 11) is 1.88. The van der Waals surface area contributed by atoms with E-state index >= 15 is 0 Å². The fraction of sp³-hybridized carbons (Fsp3) is 0.562. The molecule has 1 aromatic rings. The molecule has 0 saturated heterocycles. The van der Waals surface area contributed by atoms with Crippen LogP contribution in [0.4, 0.5) is 0 Å². The van der Waals surface area contributed by atoms with Gasteiger partial charge in [-0.1, -0.05) is 30.7 Å². The number of nitrogens with one attached hydrogen (secondary N) is 1. The van der Waals surface area contributed by atoms with Crippen molar-refractivity contribution >= 4 is 29.9 Å². The predicted molar refractivity (Wildman–Crippen MR) is 90.1 cm³/mol. The second-order valence-electron chi connectivity index (χ2n) is 5.66. The zero-order valence-electron chi connectivity index (χ0n) is 12.8. The van der Waals surface area contributed by atoms with Crippen LogP contribution in [0.2, 0.25) is 5.02 Å². The molecule has 0 spiro atoms. The minimum absolute atomic E-state index is 0. The molecule has 21 heavy (non-hydrogen) atoms. The van der Waals surface area contributed by atoms with Crippen molar-refractivity contribution in [2.75, 3.05) is 13.6 Å². The fourth-order valence-corrected chi connectivity index (χ4v) is 2.72. The predicted octanol–water partition coefficient (Wildman–Crippen LogP) is 3.67. The lowest BCUT2D eigenvalue weighted by Crippen LogP contribution is -2.41. The zero-order valence-corrected chi connectivity index (χ0v) is 14.4. The zero-order chi connectivity index (χ0) is 14.7. The Morgan fingerprint density at radius 2 is 1.90 bits per heavy atom. The molecule has 2 atom stereocenters. The number of benzene rings is 1. The maximum absolute atomic E-state index is 12.7. The van der Waals surface area contributed by atoms with Crippen LogP contribution >= 0.6 is 24.0 Å². The van der Waals surface area contributed by atoms with E-state index in [1.54, 1.807) is 0 Å². The van der Waals surface area contributed by atoms with Gasteiger partial charge in [0.2, 0.25) is 5.91 Å². The van der Waals surface area contributed by atoms with Gasteiger partial charge < -0.3 is 10.2 Å². The molecule has 0 aliphatic heterocycles. The maximum Gasteiger partial charge on any atom is 0.227 e. The van der Waals surface area contributed by atoms with Crippen molar-refractivity contribution in [2.24, 2.45) is 5.92 Å². The molecular formula is C16H24Cl2N2O. The van der Waals surface area contributed by atoms with Gasteiger partial charge in [-0.05, 0) is 44.5 Å². The largest absolute Gasteiger partial charge is 0.333 e. The first kappa shape index (κ1) is 18.3. The van der Waals surface area contributed by atoms with Gasteiger partial charge in [0.25, 0.3) is 0 Å². The molecular weight excluding hydrogens is 307 g/mol. The molecule has 3 nitrogen and oxygen atoms in total. The lowest BCUT2D eigenvalue weighted by atomic mass is 10.0. The van der Waals surface area contributed by atoms with Crippen molar-refractivity contribution < 1.29 is 4.79 Å². The number of amides is 1. The molecule has 1 aromatic carbocycles. The second kappa shape index (κ2) is 8.02. The van der Waals surface area contributed by atoms with Crippen LogP contribution < -0.4 is 5.32 Å². The average Bonchev–Trinajstić information content (AvgIpc) is 3.24. The second-order valence-corrected chi connectivity index (χ2v) is 6.10. The number of carbonyl (C=O) groups is 1. The summed E-state index contributed by atoms with van der Waals surface area (Å²) in [5.74, 6) is 0.250. The molecule has 5 heteroatoms. The fourth-order valence-electron chi connectivity index (χ4n) is 2.59. The van der Waals surface area contributed by atoms with E-state index in [1.165, 1.54) is 0 Å². The lowest BCUT2D eigenvalue weighted by Gasteiger charge is -2.32. The molecule has 1 N–H and O–H groups in total. The van der Waals surface area contributed by atoms with E-state index in [-0.39, 0.29) is 30.3 Å². The Morgan fingerprint density at radius 1 is 1.33 bits per heavy atom. The van der Waals surface area contributed by atoms with Gasteiger partial charge in [-0.15, -0.1) is 12.4 Å². The molecule has 0 heterocycles. The Balaban J connectivity index is 0.00000220.